The summed E-state index contributed by atoms with van der Waals surface area (Å²) < 4.78 is 4.96. The zero-order valence-corrected chi connectivity index (χ0v) is 8.67. The van der Waals surface area contributed by atoms with E-state index in [0.29, 0.717) is 11.3 Å². The quantitative estimate of drug-likeness (QED) is 0.818. The maximum atomic E-state index is 9.44. The zero-order valence-electron chi connectivity index (χ0n) is 7.91. The largest absolute Gasteiger partial charge is 0.506 e. The molecular weight excluding hydrogens is 202 g/mol. The van der Waals surface area contributed by atoms with Gasteiger partial charge >= 0.3 is 0 Å². The summed E-state index contributed by atoms with van der Waals surface area (Å²) in [6.45, 7) is 1.74. The van der Waals surface area contributed by atoms with Gasteiger partial charge in [0.25, 0.3) is 0 Å². The summed E-state index contributed by atoms with van der Waals surface area (Å²) in [5, 5.41) is 18.3. The van der Waals surface area contributed by atoms with E-state index in [4.69, 9.17) is 21.6 Å². The number of benzene rings is 1. The smallest absolute Gasteiger partial charge is 0.141 e. The molecule has 14 heavy (non-hydrogen) atoms. The van der Waals surface area contributed by atoms with Crippen LogP contribution in [0.3, 0.4) is 0 Å². The fourth-order valence-electron chi connectivity index (χ4n) is 1.08. The molecule has 1 N–H and O–H groups in total. The maximum absolute atomic E-state index is 9.44. The minimum absolute atomic E-state index is 0.0666. The van der Waals surface area contributed by atoms with Gasteiger partial charge in [-0.1, -0.05) is 11.6 Å². The lowest BCUT2D eigenvalue weighted by Crippen LogP contribution is -1.92. The van der Waals surface area contributed by atoms with E-state index >= 15 is 0 Å². The summed E-state index contributed by atoms with van der Waals surface area (Å²) in [4.78, 5) is 0. The zero-order chi connectivity index (χ0) is 10.7. The molecule has 0 fully saturated rings. The Balaban J connectivity index is 3.24. The summed E-state index contributed by atoms with van der Waals surface area (Å²) in [7, 11) is 1.46. The number of phenols is 1. The lowest BCUT2D eigenvalue weighted by Gasteiger charge is -2.09. The number of hydrogen-bond donors (Lipinski definition) is 1. The van der Waals surface area contributed by atoms with Crippen molar-refractivity contribution in [1.29, 1.82) is 5.26 Å². The normalized spacial score (nSPS) is 11.9. The van der Waals surface area contributed by atoms with Crippen LogP contribution in [0, 0.1) is 11.3 Å². The molecule has 1 atom stereocenters. The van der Waals surface area contributed by atoms with Crippen LogP contribution < -0.4 is 4.74 Å². The van der Waals surface area contributed by atoms with Crippen LogP contribution in [0.1, 0.15) is 18.4 Å². The van der Waals surface area contributed by atoms with Gasteiger partial charge in [-0.15, -0.1) is 0 Å². The summed E-state index contributed by atoms with van der Waals surface area (Å²) in [6.07, 6.45) is 0. The first-order chi connectivity index (χ1) is 6.60. The monoisotopic (exact) mass is 211 g/mol. The Morgan fingerprint density at radius 1 is 1.57 bits per heavy atom. The van der Waals surface area contributed by atoms with E-state index in [1.165, 1.54) is 13.2 Å². The van der Waals surface area contributed by atoms with E-state index in [9.17, 15) is 5.11 Å². The van der Waals surface area contributed by atoms with E-state index < -0.39 is 0 Å². The van der Waals surface area contributed by atoms with Crippen LogP contribution in [0.25, 0.3) is 0 Å². The Labute approximate surface area is 87.5 Å². The molecule has 1 rings (SSSR count). The standard InChI is InChI=1S/C10H10ClNO2/c1-6(5-12)7-3-8(13)10(11)9(4-7)14-2/h3-4,6,13H,1-2H3. The first kappa shape index (κ1) is 10.7. The third-order valence-corrected chi connectivity index (χ3v) is 2.34. The number of rotatable bonds is 2. The van der Waals surface area contributed by atoms with Crippen molar-refractivity contribution in [3.05, 3.63) is 22.7 Å². The summed E-state index contributed by atoms with van der Waals surface area (Å²) in [5.41, 5.74) is 0.686. The Morgan fingerprint density at radius 3 is 2.71 bits per heavy atom. The Hall–Kier alpha value is -1.40. The number of aromatic hydroxyl groups is 1. The second-order valence-corrected chi connectivity index (χ2v) is 3.29. The van der Waals surface area contributed by atoms with Crippen molar-refractivity contribution >= 4 is 11.6 Å². The second-order valence-electron chi connectivity index (χ2n) is 2.91. The van der Waals surface area contributed by atoms with Gasteiger partial charge in [0.1, 0.15) is 16.5 Å². The highest BCUT2D eigenvalue weighted by Crippen LogP contribution is 2.36. The van der Waals surface area contributed by atoms with Crippen LogP contribution in [0.2, 0.25) is 5.02 Å². The summed E-state index contributed by atoms with van der Waals surface area (Å²) >= 11 is 5.76. The maximum Gasteiger partial charge on any atom is 0.141 e. The van der Waals surface area contributed by atoms with E-state index in [0.717, 1.165) is 0 Å². The number of phenolic OH excluding ortho intramolecular Hbond substituents is 1. The molecule has 0 saturated heterocycles. The van der Waals surface area contributed by atoms with Gasteiger partial charge in [-0.3, -0.25) is 0 Å². The average molecular weight is 212 g/mol. The van der Waals surface area contributed by atoms with Crippen molar-refractivity contribution < 1.29 is 9.84 Å². The summed E-state index contributed by atoms with van der Waals surface area (Å²) in [5.74, 6) is 0.0129. The topological polar surface area (TPSA) is 53.2 Å². The molecule has 0 aliphatic carbocycles. The highest BCUT2D eigenvalue weighted by molar-refractivity contribution is 6.33. The highest BCUT2D eigenvalue weighted by Gasteiger charge is 2.12. The van der Waals surface area contributed by atoms with Crippen LogP contribution >= 0.6 is 11.6 Å². The molecule has 0 saturated carbocycles. The minimum atomic E-state index is -0.299. The van der Waals surface area contributed by atoms with Gasteiger partial charge in [0, 0.05) is 0 Å². The van der Waals surface area contributed by atoms with E-state index in [2.05, 4.69) is 6.07 Å². The van der Waals surface area contributed by atoms with Gasteiger partial charge in [0.2, 0.25) is 0 Å². The first-order valence-corrected chi connectivity index (χ1v) is 4.44. The van der Waals surface area contributed by atoms with E-state index in [1.807, 2.05) is 0 Å². The third-order valence-electron chi connectivity index (χ3n) is 1.96. The molecule has 1 aromatic rings. The first-order valence-electron chi connectivity index (χ1n) is 4.06. The Kier molecular flexibility index (Phi) is 3.21. The molecule has 0 amide bonds. The van der Waals surface area contributed by atoms with Gasteiger partial charge in [-0.2, -0.15) is 5.26 Å². The van der Waals surface area contributed by atoms with Crippen LogP contribution in [0.4, 0.5) is 0 Å². The highest BCUT2D eigenvalue weighted by atomic mass is 35.5. The van der Waals surface area contributed by atoms with Crippen LogP contribution in [-0.2, 0) is 0 Å². The lowest BCUT2D eigenvalue weighted by atomic mass is 10.0. The second kappa shape index (κ2) is 4.21. The van der Waals surface area contributed by atoms with Crippen LogP contribution in [0.5, 0.6) is 11.5 Å². The molecule has 0 aliphatic rings. The molecule has 74 valence electrons. The lowest BCUT2D eigenvalue weighted by molar-refractivity contribution is 0.407. The molecular formula is C10H10ClNO2. The Bertz CT molecular complexity index is 384. The molecule has 0 aliphatic heterocycles. The van der Waals surface area contributed by atoms with Gasteiger partial charge < -0.3 is 9.84 Å². The van der Waals surface area contributed by atoms with Crippen molar-refractivity contribution in [2.45, 2.75) is 12.8 Å². The van der Waals surface area contributed by atoms with Gasteiger partial charge in [-0.05, 0) is 24.6 Å². The van der Waals surface area contributed by atoms with Crippen LogP contribution in [-0.4, -0.2) is 12.2 Å². The number of nitrogens with zero attached hydrogens (tertiary/aromatic N) is 1. The van der Waals surface area contributed by atoms with Gasteiger partial charge in [0.05, 0.1) is 19.1 Å². The van der Waals surface area contributed by atoms with Crippen molar-refractivity contribution in [3.8, 4) is 17.6 Å². The SMILES string of the molecule is COc1cc(C(C)C#N)cc(O)c1Cl. The van der Waals surface area contributed by atoms with E-state index in [1.54, 1.807) is 13.0 Å². The van der Waals surface area contributed by atoms with Crippen molar-refractivity contribution in [2.24, 2.45) is 0 Å². The molecule has 0 radical (unpaired) electrons. The van der Waals surface area contributed by atoms with Gasteiger partial charge in [0.15, 0.2) is 0 Å². The van der Waals surface area contributed by atoms with Crippen molar-refractivity contribution in [2.75, 3.05) is 7.11 Å². The van der Waals surface area contributed by atoms with Crippen molar-refractivity contribution in [3.63, 3.8) is 0 Å². The van der Waals surface area contributed by atoms with Crippen LogP contribution in [0.15, 0.2) is 12.1 Å². The Morgan fingerprint density at radius 2 is 2.21 bits per heavy atom. The number of nitriles is 1. The van der Waals surface area contributed by atoms with E-state index in [-0.39, 0.29) is 16.7 Å². The summed E-state index contributed by atoms with van der Waals surface area (Å²) in [6, 6.07) is 5.19. The average Bonchev–Trinajstić information content (AvgIpc) is 2.20. The minimum Gasteiger partial charge on any atom is -0.506 e. The molecule has 0 heterocycles. The molecule has 0 aromatic heterocycles. The number of halogens is 1. The number of methoxy groups -OCH3 is 1. The molecule has 0 spiro atoms. The predicted molar refractivity (Wildman–Crippen MR) is 53.7 cm³/mol. The fourth-order valence-corrected chi connectivity index (χ4v) is 1.26. The number of ether oxygens (including phenoxy) is 1. The fraction of sp³-hybridized carbons (Fsp3) is 0.300. The number of hydrogen-bond acceptors (Lipinski definition) is 3. The predicted octanol–water partition coefficient (Wildman–Crippen LogP) is 2.68. The molecule has 1 unspecified atom stereocenters. The molecule has 0 bridgehead atoms. The van der Waals surface area contributed by atoms with Gasteiger partial charge in [-0.25, -0.2) is 0 Å². The molecule has 4 heteroatoms. The molecule has 1 aromatic carbocycles. The third kappa shape index (κ3) is 1.91. The van der Waals surface area contributed by atoms with Crippen molar-refractivity contribution in [1.82, 2.24) is 0 Å². The molecule has 3 nitrogen and oxygen atoms in total.